The van der Waals surface area contributed by atoms with E-state index in [-0.39, 0.29) is 0 Å². The fourth-order valence-corrected chi connectivity index (χ4v) is 3.33. The summed E-state index contributed by atoms with van der Waals surface area (Å²) in [5.74, 6) is 0.794. The van der Waals surface area contributed by atoms with Gasteiger partial charge in [0.15, 0.2) is 0 Å². The molecule has 2 heterocycles. The van der Waals surface area contributed by atoms with Crippen LogP contribution in [0.4, 0.5) is 0 Å². The van der Waals surface area contributed by atoms with Gasteiger partial charge in [0.25, 0.3) is 0 Å². The van der Waals surface area contributed by atoms with Crippen LogP contribution in [-0.4, -0.2) is 23.6 Å². The Hall–Kier alpha value is -1.08. The summed E-state index contributed by atoms with van der Waals surface area (Å²) in [7, 11) is 0. The van der Waals surface area contributed by atoms with Crippen LogP contribution in [0.3, 0.4) is 0 Å². The van der Waals surface area contributed by atoms with Crippen LogP contribution in [0.1, 0.15) is 12.0 Å². The summed E-state index contributed by atoms with van der Waals surface area (Å²) in [6, 6.07) is 11.8. The average molecular weight is 200 g/mol. The second kappa shape index (κ2) is 3.21. The fraction of sp³-hybridized carbons (Fsp3) is 0.429. The maximum absolute atomic E-state index is 3.93. The molecule has 0 aliphatic carbocycles. The Balaban J connectivity index is 1.73. The second-order valence-electron chi connectivity index (χ2n) is 5.02. The third kappa shape index (κ3) is 1.26. The normalized spacial score (nSPS) is 37.3. The van der Waals surface area contributed by atoms with Crippen molar-refractivity contribution >= 4 is 0 Å². The molecule has 0 saturated carbocycles. The summed E-state index contributed by atoms with van der Waals surface area (Å²) in [5, 5.41) is 0. The van der Waals surface area contributed by atoms with Gasteiger partial charge >= 0.3 is 0 Å². The molecule has 0 bridgehead atoms. The number of benzene rings is 1. The SMILES string of the molecule is C=CC1C[N+]2(Cc3ccccc3)CCC12. The molecule has 0 aromatic heterocycles. The summed E-state index contributed by atoms with van der Waals surface area (Å²) >= 11 is 0. The fourth-order valence-electron chi connectivity index (χ4n) is 3.33. The molecule has 0 spiro atoms. The number of piperidine rings is 1. The molecule has 0 amide bonds. The Morgan fingerprint density at radius 3 is 2.67 bits per heavy atom. The summed E-state index contributed by atoms with van der Waals surface area (Å²) in [6.07, 6.45) is 3.56. The number of quaternary nitrogens is 1. The van der Waals surface area contributed by atoms with Crippen LogP contribution < -0.4 is 0 Å². The van der Waals surface area contributed by atoms with E-state index in [1.165, 1.54) is 36.1 Å². The quantitative estimate of drug-likeness (QED) is 0.519. The monoisotopic (exact) mass is 200 g/mol. The molecule has 3 atom stereocenters. The lowest BCUT2D eigenvalue weighted by Crippen LogP contribution is -2.77. The van der Waals surface area contributed by atoms with Gasteiger partial charge in [0.2, 0.25) is 0 Å². The first-order valence-corrected chi connectivity index (χ1v) is 5.86. The standard InChI is InChI=1S/C14H18N/c1-2-13-11-15(9-8-14(13)15)10-12-6-4-3-5-7-12/h2-7,13-14H,1,8-11H2/q+1. The number of hydrogen-bond acceptors (Lipinski definition) is 0. The van der Waals surface area contributed by atoms with Crippen LogP contribution in [0.15, 0.2) is 43.0 Å². The molecule has 3 rings (SSSR count). The van der Waals surface area contributed by atoms with Crippen LogP contribution in [-0.2, 0) is 6.54 Å². The molecule has 1 aromatic carbocycles. The van der Waals surface area contributed by atoms with E-state index >= 15 is 0 Å². The van der Waals surface area contributed by atoms with Crippen molar-refractivity contribution in [2.45, 2.75) is 19.0 Å². The van der Waals surface area contributed by atoms with Crippen LogP contribution in [0.5, 0.6) is 0 Å². The minimum atomic E-state index is 0.794. The van der Waals surface area contributed by atoms with Crippen molar-refractivity contribution in [3.05, 3.63) is 48.6 Å². The van der Waals surface area contributed by atoms with E-state index in [1.807, 2.05) is 0 Å². The zero-order valence-electron chi connectivity index (χ0n) is 9.10. The van der Waals surface area contributed by atoms with Crippen molar-refractivity contribution < 1.29 is 4.48 Å². The average Bonchev–Trinajstić information content (AvgIpc) is 2.27. The van der Waals surface area contributed by atoms with Crippen molar-refractivity contribution in [1.29, 1.82) is 0 Å². The van der Waals surface area contributed by atoms with E-state index in [1.54, 1.807) is 0 Å². The maximum atomic E-state index is 3.93. The summed E-state index contributed by atoms with van der Waals surface area (Å²) in [5.41, 5.74) is 1.49. The molecule has 1 nitrogen and oxygen atoms in total. The molecule has 78 valence electrons. The van der Waals surface area contributed by atoms with Crippen molar-refractivity contribution in [1.82, 2.24) is 0 Å². The zero-order valence-corrected chi connectivity index (χ0v) is 9.10. The smallest absolute Gasteiger partial charge is 0.107 e. The van der Waals surface area contributed by atoms with Gasteiger partial charge in [-0.3, -0.25) is 0 Å². The number of hydrogen-bond donors (Lipinski definition) is 0. The lowest BCUT2D eigenvalue weighted by atomic mass is 9.74. The molecule has 0 N–H and O–H groups in total. The minimum Gasteiger partial charge on any atom is -0.316 e. The van der Waals surface area contributed by atoms with Crippen molar-refractivity contribution in [2.24, 2.45) is 5.92 Å². The van der Waals surface area contributed by atoms with Crippen molar-refractivity contribution in [3.63, 3.8) is 0 Å². The Labute approximate surface area is 91.6 Å². The van der Waals surface area contributed by atoms with Gasteiger partial charge < -0.3 is 4.48 Å². The van der Waals surface area contributed by atoms with Gasteiger partial charge in [-0.2, -0.15) is 0 Å². The molecule has 2 saturated heterocycles. The molecule has 1 heteroatoms. The number of fused-ring (bicyclic) bond motifs is 1. The van der Waals surface area contributed by atoms with Crippen molar-refractivity contribution in [3.8, 4) is 0 Å². The molecular formula is C14H18N+. The minimum absolute atomic E-state index is 0.794. The van der Waals surface area contributed by atoms with E-state index in [0.29, 0.717) is 0 Å². The topological polar surface area (TPSA) is 0 Å². The van der Waals surface area contributed by atoms with Gasteiger partial charge in [-0.25, -0.2) is 0 Å². The van der Waals surface area contributed by atoms with Crippen molar-refractivity contribution in [2.75, 3.05) is 13.1 Å². The Morgan fingerprint density at radius 1 is 1.33 bits per heavy atom. The largest absolute Gasteiger partial charge is 0.316 e. The van der Waals surface area contributed by atoms with Crippen LogP contribution in [0, 0.1) is 5.92 Å². The first-order valence-electron chi connectivity index (χ1n) is 5.86. The highest BCUT2D eigenvalue weighted by atomic mass is 15.5. The second-order valence-corrected chi connectivity index (χ2v) is 5.02. The Bertz CT molecular complexity index is 370. The molecular weight excluding hydrogens is 182 g/mol. The third-order valence-corrected chi connectivity index (χ3v) is 4.29. The van der Waals surface area contributed by atoms with E-state index in [2.05, 4.69) is 43.0 Å². The number of nitrogens with zero attached hydrogens (tertiary/aromatic N) is 1. The molecule has 1 aromatic rings. The Kier molecular flexibility index (Phi) is 1.96. The Morgan fingerprint density at radius 2 is 2.13 bits per heavy atom. The van der Waals surface area contributed by atoms with Crippen LogP contribution >= 0.6 is 0 Å². The van der Waals surface area contributed by atoms with E-state index in [4.69, 9.17) is 0 Å². The highest BCUT2D eigenvalue weighted by Gasteiger charge is 2.59. The molecule has 2 fully saturated rings. The lowest BCUT2D eigenvalue weighted by molar-refractivity contribution is -1.05. The number of rotatable bonds is 3. The first kappa shape index (κ1) is 9.17. The highest BCUT2D eigenvalue weighted by Crippen LogP contribution is 2.46. The summed E-state index contributed by atoms with van der Waals surface area (Å²) in [4.78, 5) is 0. The van der Waals surface area contributed by atoms with E-state index in [9.17, 15) is 0 Å². The summed E-state index contributed by atoms with van der Waals surface area (Å²) < 4.78 is 1.33. The molecule has 3 unspecified atom stereocenters. The summed E-state index contributed by atoms with van der Waals surface area (Å²) in [6.45, 7) is 7.86. The van der Waals surface area contributed by atoms with Gasteiger partial charge in [-0.05, 0) is 0 Å². The van der Waals surface area contributed by atoms with E-state index in [0.717, 1.165) is 12.0 Å². The first-order chi connectivity index (χ1) is 7.34. The molecule has 15 heavy (non-hydrogen) atoms. The van der Waals surface area contributed by atoms with Crippen LogP contribution in [0.25, 0.3) is 0 Å². The predicted molar refractivity (Wildman–Crippen MR) is 62.2 cm³/mol. The lowest BCUT2D eigenvalue weighted by Gasteiger charge is -2.63. The molecule has 2 aliphatic heterocycles. The van der Waals surface area contributed by atoms with Crippen LogP contribution in [0.2, 0.25) is 0 Å². The van der Waals surface area contributed by atoms with E-state index < -0.39 is 0 Å². The van der Waals surface area contributed by atoms with Gasteiger partial charge in [-0.1, -0.05) is 36.4 Å². The van der Waals surface area contributed by atoms with Gasteiger partial charge in [0, 0.05) is 12.0 Å². The molecule has 2 aliphatic rings. The van der Waals surface area contributed by atoms with Gasteiger partial charge in [0.05, 0.1) is 19.0 Å². The predicted octanol–water partition coefficient (Wildman–Crippen LogP) is 2.59. The highest BCUT2D eigenvalue weighted by molar-refractivity contribution is 5.14. The third-order valence-electron chi connectivity index (χ3n) is 4.29. The maximum Gasteiger partial charge on any atom is 0.107 e. The molecule has 0 radical (unpaired) electrons. The zero-order chi connectivity index (χ0) is 10.3. The van der Waals surface area contributed by atoms with Gasteiger partial charge in [0.1, 0.15) is 12.6 Å². The van der Waals surface area contributed by atoms with Gasteiger partial charge in [-0.15, -0.1) is 6.58 Å².